The highest BCUT2D eigenvalue weighted by atomic mass is 35.5. The van der Waals surface area contributed by atoms with Crippen LogP contribution in [0.25, 0.3) is 0 Å². The Balaban J connectivity index is 0.00000441. The summed E-state index contributed by atoms with van der Waals surface area (Å²) in [6.07, 6.45) is 0.956. The van der Waals surface area contributed by atoms with Crippen molar-refractivity contribution in [3.05, 3.63) is 29.8 Å². The summed E-state index contributed by atoms with van der Waals surface area (Å²) in [4.78, 5) is 0.312. The Hall–Kier alpha value is -0.660. The van der Waals surface area contributed by atoms with E-state index in [0.717, 1.165) is 12.0 Å². The van der Waals surface area contributed by atoms with E-state index in [0.29, 0.717) is 37.1 Å². The molecule has 128 valence electrons. The lowest BCUT2D eigenvalue weighted by Crippen LogP contribution is -2.33. The van der Waals surface area contributed by atoms with Gasteiger partial charge in [0.05, 0.1) is 11.5 Å². The van der Waals surface area contributed by atoms with Crippen molar-refractivity contribution in [2.24, 2.45) is 5.92 Å². The van der Waals surface area contributed by atoms with Crippen molar-refractivity contribution >= 4 is 22.4 Å². The SMILES string of the molecule is COCCNCCNS(=O)(=O)c1ccc(CC(C)C)cc1.Cl. The Morgan fingerprint density at radius 3 is 2.27 bits per heavy atom. The average Bonchev–Trinajstić information content (AvgIpc) is 2.42. The molecule has 0 radical (unpaired) electrons. The molecule has 5 nitrogen and oxygen atoms in total. The summed E-state index contributed by atoms with van der Waals surface area (Å²) in [6.45, 7) is 6.55. The maximum atomic E-state index is 12.1. The van der Waals surface area contributed by atoms with Gasteiger partial charge in [0.15, 0.2) is 0 Å². The van der Waals surface area contributed by atoms with E-state index in [1.165, 1.54) is 0 Å². The van der Waals surface area contributed by atoms with Crippen molar-refractivity contribution in [1.29, 1.82) is 0 Å². The second-order valence-corrected chi connectivity index (χ2v) is 7.15. The third-order valence-corrected chi connectivity index (χ3v) is 4.43. The van der Waals surface area contributed by atoms with Crippen molar-refractivity contribution < 1.29 is 13.2 Å². The van der Waals surface area contributed by atoms with Crippen LogP contribution in [-0.2, 0) is 21.2 Å². The molecule has 0 aliphatic carbocycles. The molecule has 0 aliphatic heterocycles. The molecule has 0 aliphatic rings. The fraction of sp³-hybridized carbons (Fsp3) is 0.600. The van der Waals surface area contributed by atoms with Crippen molar-refractivity contribution in [1.82, 2.24) is 10.0 Å². The molecule has 7 heteroatoms. The standard InChI is InChI=1S/C15H26N2O3S.ClH/c1-13(2)12-14-4-6-15(7-5-14)21(18,19)17-9-8-16-10-11-20-3;/h4-7,13,16-17H,8-12H2,1-3H3;1H. The van der Waals surface area contributed by atoms with E-state index >= 15 is 0 Å². The zero-order valence-corrected chi connectivity index (χ0v) is 15.1. The van der Waals surface area contributed by atoms with Crippen LogP contribution in [0.15, 0.2) is 29.2 Å². The van der Waals surface area contributed by atoms with E-state index in [2.05, 4.69) is 23.9 Å². The smallest absolute Gasteiger partial charge is 0.240 e. The molecule has 0 saturated carbocycles. The average molecular weight is 351 g/mol. The number of rotatable bonds is 10. The summed E-state index contributed by atoms with van der Waals surface area (Å²) < 4.78 is 31.7. The molecule has 0 spiro atoms. The van der Waals surface area contributed by atoms with Gasteiger partial charge in [-0.25, -0.2) is 13.1 Å². The van der Waals surface area contributed by atoms with Crippen LogP contribution in [0.1, 0.15) is 19.4 Å². The topological polar surface area (TPSA) is 67.4 Å². The first-order chi connectivity index (χ1) is 9.95. The molecule has 1 aromatic rings. The summed E-state index contributed by atoms with van der Waals surface area (Å²) in [7, 11) is -1.79. The molecule has 0 aromatic heterocycles. The summed E-state index contributed by atoms with van der Waals surface area (Å²) in [5.41, 5.74) is 1.16. The third kappa shape index (κ3) is 8.10. The first kappa shape index (κ1) is 21.3. The normalized spacial score (nSPS) is 11.5. The Labute approximate surface area is 140 Å². The maximum absolute atomic E-state index is 12.1. The summed E-state index contributed by atoms with van der Waals surface area (Å²) in [5, 5.41) is 3.09. The largest absolute Gasteiger partial charge is 0.383 e. The van der Waals surface area contributed by atoms with Gasteiger partial charge in [-0.2, -0.15) is 0 Å². The third-order valence-electron chi connectivity index (χ3n) is 2.95. The molecule has 1 aromatic carbocycles. The van der Waals surface area contributed by atoms with Gasteiger partial charge in [0.2, 0.25) is 10.0 Å². The van der Waals surface area contributed by atoms with Gasteiger partial charge >= 0.3 is 0 Å². The zero-order valence-electron chi connectivity index (χ0n) is 13.5. The number of hydrogen-bond acceptors (Lipinski definition) is 4. The Kier molecular flexibility index (Phi) is 10.6. The van der Waals surface area contributed by atoms with E-state index in [1.54, 1.807) is 19.2 Å². The number of benzene rings is 1. The van der Waals surface area contributed by atoms with E-state index in [9.17, 15) is 8.42 Å². The predicted octanol–water partition coefficient (Wildman–Crippen LogP) is 1.82. The Morgan fingerprint density at radius 1 is 1.09 bits per heavy atom. The van der Waals surface area contributed by atoms with Crippen LogP contribution in [0.5, 0.6) is 0 Å². The second kappa shape index (κ2) is 11.0. The molecule has 0 fully saturated rings. The van der Waals surface area contributed by atoms with Crippen LogP contribution in [0, 0.1) is 5.92 Å². The van der Waals surface area contributed by atoms with Gasteiger partial charge in [0, 0.05) is 26.7 Å². The molecule has 0 unspecified atom stereocenters. The molecule has 22 heavy (non-hydrogen) atoms. The monoisotopic (exact) mass is 350 g/mol. The van der Waals surface area contributed by atoms with E-state index in [1.807, 2.05) is 12.1 Å². The molecular weight excluding hydrogens is 324 g/mol. The minimum atomic E-state index is -3.42. The van der Waals surface area contributed by atoms with Crippen LogP contribution >= 0.6 is 12.4 Å². The quantitative estimate of drug-likeness (QED) is 0.632. The van der Waals surface area contributed by atoms with Gasteiger partial charge in [-0.15, -0.1) is 12.4 Å². The van der Waals surface area contributed by atoms with Gasteiger partial charge in [0.1, 0.15) is 0 Å². The summed E-state index contributed by atoms with van der Waals surface area (Å²) in [6, 6.07) is 7.09. The van der Waals surface area contributed by atoms with Crippen LogP contribution < -0.4 is 10.0 Å². The van der Waals surface area contributed by atoms with Crippen LogP contribution in [0.3, 0.4) is 0 Å². The van der Waals surface area contributed by atoms with Gasteiger partial charge in [-0.05, 0) is 30.0 Å². The molecular formula is C15H27ClN2O3S. The van der Waals surface area contributed by atoms with E-state index < -0.39 is 10.0 Å². The van der Waals surface area contributed by atoms with Crippen LogP contribution in [-0.4, -0.2) is 41.8 Å². The number of halogens is 1. The predicted molar refractivity (Wildman–Crippen MR) is 92.2 cm³/mol. The fourth-order valence-electron chi connectivity index (χ4n) is 1.93. The molecule has 2 N–H and O–H groups in total. The lowest BCUT2D eigenvalue weighted by atomic mass is 10.0. The van der Waals surface area contributed by atoms with Crippen molar-refractivity contribution in [2.45, 2.75) is 25.2 Å². The van der Waals surface area contributed by atoms with Crippen molar-refractivity contribution in [3.63, 3.8) is 0 Å². The number of methoxy groups -OCH3 is 1. The Bertz CT molecular complexity index is 504. The second-order valence-electron chi connectivity index (χ2n) is 5.38. The highest BCUT2D eigenvalue weighted by molar-refractivity contribution is 7.89. The number of hydrogen-bond donors (Lipinski definition) is 2. The highest BCUT2D eigenvalue weighted by Gasteiger charge is 2.12. The molecule has 0 bridgehead atoms. The van der Waals surface area contributed by atoms with Gasteiger partial charge < -0.3 is 10.1 Å². The minimum absolute atomic E-state index is 0. The summed E-state index contributed by atoms with van der Waals surface area (Å²) >= 11 is 0. The molecule has 0 saturated heterocycles. The molecule has 0 amide bonds. The lowest BCUT2D eigenvalue weighted by Gasteiger charge is -2.09. The van der Waals surface area contributed by atoms with E-state index in [4.69, 9.17) is 4.74 Å². The number of ether oxygens (including phenoxy) is 1. The highest BCUT2D eigenvalue weighted by Crippen LogP contribution is 2.13. The first-order valence-corrected chi connectivity index (χ1v) is 8.72. The molecule has 0 atom stereocenters. The maximum Gasteiger partial charge on any atom is 0.240 e. The number of sulfonamides is 1. The van der Waals surface area contributed by atoms with E-state index in [-0.39, 0.29) is 12.4 Å². The fourth-order valence-corrected chi connectivity index (χ4v) is 2.96. The minimum Gasteiger partial charge on any atom is -0.383 e. The van der Waals surface area contributed by atoms with Crippen LogP contribution in [0.2, 0.25) is 0 Å². The van der Waals surface area contributed by atoms with Gasteiger partial charge in [-0.1, -0.05) is 26.0 Å². The first-order valence-electron chi connectivity index (χ1n) is 7.24. The molecule has 0 heterocycles. The van der Waals surface area contributed by atoms with Crippen molar-refractivity contribution in [3.8, 4) is 0 Å². The van der Waals surface area contributed by atoms with Crippen LogP contribution in [0.4, 0.5) is 0 Å². The Morgan fingerprint density at radius 2 is 1.73 bits per heavy atom. The molecule has 1 rings (SSSR count). The van der Waals surface area contributed by atoms with Gasteiger partial charge in [0.25, 0.3) is 0 Å². The number of nitrogens with one attached hydrogen (secondary N) is 2. The lowest BCUT2D eigenvalue weighted by molar-refractivity contribution is 0.199. The zero-order chi connectivity index (χ0) is 15.7. The van der Waals surface area contributed by atoms with Crippen molar-refractivity contribution in [2.75, 3.05) is 33.4 Å². The summed E-state index contributed by atoms with van der Waals surface area (Å²) in [5.74, 6) is 0.559. The van der Waals surface area contributed by atoms with Gasteiger partial charge in [-0.3, -0.25) is 0 Å².